The van der Waals surface area contributed by atoms with E-state index in [1.165, 1.54) is 32.3 Å². The molecule has 2 rings (SSSR count). The van der Waals surface area contributed by atoms with Crippen LogP contribution < -0.4 is 0 Å². The molecule has 1 saturated heterocycles. The van der Waals surface area contributed by atoms with Crippen LogP contribution in [0.5, 0.6) is 0 Å². The highest BCUT2D eigenvalue weighted by Gasteiger charge is 2.47. The van der Waals surface area contributed by atoms with Gasteiger partial charge in [0.1, 0.15) is 17.9 Å². The Morgan fingerprint density at radius 1 is 0.900 bits per heavy atom. The van der Waals surface area contributed by atoms with Crippen LogP contribution >= 0.6 is 0 Å². The van der Waals surface area contributed by atoms with Gasteiger partial charge in [0, 0.05) is 51.4 Å². The summed E-state index contributed by atoms with van der Waals surface area (Å²) >= 11 is 0. The second kappa shape index (κ2) is 26.3. The van der Waals surface area contributed by atoms with Gasteiger partial charge in [0.25, 0.3) is 11.7 Å². The molecule has 9 atom stereocenters. The lowest BCUT2D eigenvalue weighted by Crippen LogP contribution is -2.58. The lowest BCUT2D eigenvalue weighted by atomic mass is 9.71. The average molecular weight is 842 g/mol. The van der Waals surface area contributed by atoms with Crippen molar-refractivity contribution in [1.29, 1.82) is 0 Å². The van der Waals surface area contributed by atoms with Gasteiger partial charge in [-0.15, -0.1) is 0 Å². The smallest absolute Gasteiger partial charge is 0.326 e. The summed E-state index contributed by atoms with van der Waals surface area (Å²) in [5.41, 5.74) is 2.26. The van der Waals surface area contributed by atoms with E-state index in [4.69, 9.17) is 9.47 Å². The van der Waals surface area contributed by atoms with Gasteiger partial charge in [0.05, 0.1) is 6.10 Å². The quantitative estimate of drug-likeness (QED) is 0.0332. The fourth-order valence-electron chi connectivity index (χ4n) is 8.97. The molecular weight excluding hydrogens is 763 g/mol. The summed E-state index contributed by atoms with van der Waals surface area (Å²) in [6, 6.07) is -1.31. The van der Waals surface area contributed by atoms with Crippen molar-refractivity contribution >= 4 is 29.2 Å². The first-order valence-electron chi connectivity index (χ1n) is 22.6. The summed E-state index contributed by atoms with van der Waals surface area (Å²) < 4.78 is 11.4. The highest BCUT2D eigenvalue weighted by molar-refractivity contribution is 6.39. The Bertz CT molecular complexity index is 1520. The van der Waals surface area contributed by atoms with Crippen LogP contribution in [0.25, 0.3) is 0 Å². The number of unbranched alkanes of at least 4 members (excludes halogenated alkanes) is 1. The van der Waals surface area contributed by atoms with Gasteiger partial charge in [-0.05, 0) is 95.3 Å². The minimum absolute atomic E-state index is 0.00565. The number of carbonyl (C=O) groups excluding carboxylic acids is 4. The molecule has 60 heavy (non-hydrogen) atoms. The van der Waals surface area contributed by atoms with E-state index in [0.29, 0.717) is 31.6 Å². The highest BCUT2D eigenvalue weighted by atomic mass is 16.5. The maximum Gasteiger partial charge on any atom is 0.326 e. The zero-order valence-corrected chi connectivity index (χ0v) is 38.5. The Morgan fingerprint density at radius 3 is 2.22 bits per heavy atom. The number of hydrogen-bond donors (Lipinski definition) is 3. The van der Waals surface area contributed by atoms with E-state index >= 15 is 0 Å². The van der Waals surface area contributed by atoms with Crippen molar-refractivity contribution in [2.45, 2.75) is 169 Å². The number of carboxylic acids is 1. The fourth-order valence-corrected chi connectivity index (χ4v) is 8.97. The molecule has 11 nitrogen and oxygen atoms in total. The summed E-state index contributed by atoms with van der Waals surface area (Å²) in [6.07, 6.45) is 22.5. The van der Waals surface area contributed by atoms with E-state index in [2.05, 4.69) is 39.0 Å². The number of methoxy groups -OCH3 is 2. The first-order chi connectivity index (χ1) is 28.3. The van der Waals surface area contributed by atoms with E-state index in [1.54, 1.807) is 14.2 Å². The number of ether oxygens (including phenoxy) is 2. The van der Waals surface area contributed by atoms with Gasteiger partial charge >= 0.3 is 5.97 Å². The molecule has 0 bridgehead atoms. The first kappa shape index (κ1) is 52.9. The van der Waals surface area contributed by atoms with Gasteiger partial charge in [0.2, 0.25) is 5.79 Å². The number of carboxylic acid groups (broad SMARTS) is 1. The fraction of sp³-hybridized carbons (Fsp3) is 0.735. The minimum atomic E-state index is -2.90. The van der Waals surface area contributed by atoms with Gasteiger partial charge in [-0.3, -0.25) is 19.2 Å². The van der Waals surface area contributed by atoms with Crippen LogP contribution in [0.1, 0.15) is 145 Å². The number of piperidine rings is 1. The second-order valence-electron chi connectivity index (χ2n) is 18.4. The molecule has 1 aliphatic heterocycles. The molecule has 0 aromatic rings. The molecule has 2 fully saturated rings. The number of aliphatic carboxylic acids is 1. The van der Waals surface area contributed by atoms with Crippen LogP contribution in [0.4, 0.5) is 0 Å². The number of amides is 1. The molecule has 1 heterocycles. The average Bonchev–Trinajstić information content (AvgIpc) is 3.21. The lowest BCUT2D eigenvalue weighted by Gasteiger charge is -2.42. The van der Waals surface area contributed by atoms with E-state index in [1.807, 2.05) is 39.0 Å². The van der Waals surface area contributed by atoms with E-state index < -0.39 is 47.4 Å². The van der Waals surface area contributed by atoms with Gasteiger partial charge in [-0.2, -0.15) is 0 Å². The molecule has 1 aliphatic carbocycles. The van der Waals surface area contributed by atoms with Gasteiger partial charge < -0.3 is 29.7 Å². The maximum atomic E-state index is 13.7. The number of Topliss-reactive ketones (excluding diaryl/α,β-unsaturated/α-hetero) is 3. The molecule has 0 aromatic carbocycles. The van der Waals surface area contributed by atoms with Crippen LogP contribution in [0.2, 0.25) is 0 Å². The number of allylic oxidation sites excluding steroid dienone is 7. The largest absolute Gasteiger partial charge is 0.480 e. The van der Waals surface area contributed by atoms with Crippen molar-refractivity contribution in [2.75, 3.05) is 20.8 Å². The number of ketones is 3. The third-order valence-corrected chi connectivity index (χ3v) is 13.0. The molecule has 11 heteroatoms. The summed E-state index contributed by atoms with van der Waals surface area (Å²) in [5, 5.41) is 30.8. The summed E-state index contributed by atoms with van der Waals surface area (Å²) in [7, 11) is 3.27. The third-order valence-electron chi connectivity index (χ3n) is 13.0. The predicted molar refractivity (Wildman–Crippen MR) is 236 cm³/mol. The van der Waals surface area contributed by atoms with Crippen LogP contribution in [0.15, 0.2) is 47.6 Å². The van der Waals surface area contributed by atoms with Crippen molar-refractivity contribution in [2.24, 2.45) is 41.4 Å². The molecule has 2 aliphatic rings. The summed E-state index contributed by atoms with van der Waals surface area (Å²) in [4.78, 5) is 66.7. The van der Waals surface area contributed by atoms with Crippen LogP contribution in [0.3, 0.4) is 0 Å². The molecule has 0 radical (unpaired) electrons. The Labute approximate surface area is 361 Å². The zero-order chi connectivity index (χ0) is 45.2. The van der Waals surface area contributed by atoms with E-state index in [9.17, 15) is 39.3 Å². The van der Waals surface area contributed by atoms with E-state index in [-0.39, 0.29) is 60.7 Å². The molecule has 3 N–H and O–H groups in total. The minimum Gasteiger partial charge on any atom is -0.480 e. The zero-order valence-electron chi connectivity index (χ0n) is 38.5. The Hall–Kier alpha value is -3.25. The van der Waals surface area contributed by atoms with Crippen molar-refractivity contribution in [3.63, 3.8) is 0 Å². The van der Waals surface area contributed by atoms with Crippen molar-refractivity contribution in [1.82, 2.24) is 4.90 Å². The molecule has 340 valence electrons. The first-order valence-corrected chi connectivity index (χ1v) is 22.6. The van der Waals surface area contributed by atoms with Crippen LogP contribution in [-0.4, -0.2) is 94.2 Å². The second-order valence-corrected chi connectivity index (χ2v) is 18.4. The molecule has 1 amide bonds. The maximum absolute atomic E-state index is 13.7. The number of likely N-dealkylation sites (tertiary alicyclic amines) is 1. The highest BCUT2D eigenvalue weighted by Crippen LogP contribution is 2.40. The molecule has 0 spiro atoms. The topological polar surface area (TPSA) is 168 Å². The number of carbonyl (C=O) groups is 5. The van der Waals surface area contributed by atoms with Gasteiger partial charge in [0.15, 0.2) is 5.78 Å². The van der Waals surface area contributed by atoms with E-state index in [0.717, 1.165) is 49.0 Å². The van der Waals surface area contributed by atoms with Gasteiger partial charge in [-0.1, -0.05) is 108 Å². The Balaban J connectivity index is 2.11. The molecule has 1 saturated carbocycles. The Morgan fingerprint density at radius 2 is 1.60 bits per heavy atom. The number of rotatable bonds is 26. The van der Waals surface area contributed by atoms with Crippen LogP contribution in [-0.2, 0) is 33.4 Å². The normalized spacial score (nSPS) is 23.4. The van der Waals surface area contributed by atoms with Gasteiger partial charge in [-0.25, -0.2) is 4.79 Å². The number of nitrogens with zero attached hydrogens (tertiary/aromatic N) is 1. The predicted octanol–water partition coefficient (Wildman–Crippen LogP) is 8.61. The molecule has 6 unspecified atom stereocenters. The van der Waals surface area contributed by atoms with Crippen molar-refractivity contribution in [3.05, 3.63) is 47.6 Å². The standard InChI is InChI=1S/C49H79NO10/c1-11-12-17-33(4)18-14-13-15-19-34(5)26-37(8)45(52)44(60-10)28-35(6)27-36(7)43(51)23-22-39(29-38-20-16-21-41(30-38)59-9)40-24-25-50(42(31-40)48(55)56)47(54)46(53)49(57,58)32(2)3/h13-15,18-19,27,32,34,36-42,44,57-58H,11-12,16-17,20-26,28-31H2,1-10H3,(H,55,56)/b14-13+,19-15+,33-18+,35-27+/t34-,36-,37?,38?,39+,40?,41?,42?,44?/m1/s1. The third kappa shape index (κ3) is 16.9. The van der Waals surface area contributed by atoms with Crippen molar-refractivity contribution in [3.8, 4) is 0 Å². The SMILES string of the molecule is CCCC/C(C)=C/C=C/C=C/[C@@H](C)CC(C)C(=O)C(C/C(C)=C/[C@@H](C)C(=O)CC[C@@H](CC1CCCC(OC)C1)C1CCN(C(=O)C(=O)C(O)(O)C(C)C)C(C(=O)O)C1)OC. The summed E-state index contributed by atoms with van der Waals surface area (Å²) in [5.74, 6) is -7.87. The molecular formula is C49H79NO10. The lowest BCUT2D eigenvalue weighted by molar-refractivity contribution is -0.202. The number of aliphatic hydroxyl groups is 2. The van der Waals surface area contributed by atoms with Crippen LogP contribution in [0, 0.1) is 41.4 Å². The summed E-state index contributed by atoms with van der Waals surface area (Å²) in [6.45, 7) is 14.9. The van der Waals surface area contributed by atoms with Crippen molar-refractivity contribution < 1.29 is 48.8 Å². The molecule has 0 aromatic heterocycles. The number of hydrogen-bond acceptors (Lipinski definition) is 9. The Kier molecular flexibility index (Phi) is 23.2. The monoisotopic (exact) mass is 842 g/mol.